The van der Waals surface area contributed by atoms with Gasteiger partial charge in [-0.1, -0.05) is 30.1 Å². The number of halogens is 2. The maximum Gasteiger partial charge on any atom is 0.324 e. The average molecular weight is 380 g/mol. The van der Waals surface area contributed by atoms with Gasteiger partial charge < -0.3 is 5.32 Å². The van der Waals surface area contributed by atoms with Crippen LogP contribution in [0.2, 0.25) is 10.0 Å². The van der Waals surface area contributed by atoms with Crippen molar-refractivity contribution in [1.82, 2.24) is 0 Å². The zero-order valence-corrected chi connectivity index (χ0v) is 15.3. The monoisotopic (exact) mass is 379 g/mol. The van der Waals surface area contributed by atoms with Crippen molar-refractivity contribution >= 4 is 51.3 Å². The number of nitriles is 1. The van der Waals surface area contributed by atoms with E-state index in [1.54, 1.807) is 18.2 Å². The lowest BCUT2D eigenvalue weighted by Crippen LogP contribution is -2.19. The molecule has 2 N–H and O–H groups in total. The molecule has 1 atom stereocenters. The maximum atomic E-state index is 12.2. The van der Waals surface area contributed by atoms with E-state index >= 15 is 0 Å². The van der Waals surface area contributed by atoms with Crippen molar-refractivity contribution in [2.75, 3.05) is 10.6 Å². The van der Waals surface area contributed by atoms with Crippen LogP contribution in [0.5, 0.6) is 0 Å². The largest absolute Gasteiger partial charge is 0.324 e. The highest BCUT2D eigenvalue weighted by Crippen LogP contribution is 2.39. The van der Waals surface area contributed by atoms with Crippen molar-refractivity contribution in [2.24, 2.45) is 5.92 Å². The van der Waals surface area contributed by atoms with E-state index in [1.165, 1.54) is 16.2 Å². The number of carbonyl (C=O) groups excluding carboxylic acids is 1. The summed E-state index contributed by atoms with van der Waals surface area (Å²) in [7, 11) is 0. The van der Waals surface area contributed by atoms with Crippen LogP contribution < -0.4 is 10.6 Å². The molecule has 24 heavy (non-hydrogen) atoms. The first kappa shape index (κ1) is 17.1. The van der Waals surface area contributed by atoms with Crippen molar-refractivity contribution < 1.29 is 4.79 Å². The lowest BCUT2D eigenvalue weighted by Gasteiger charge is -2.17. The third-order valence-electron chi connectivity index (χ3n) is 4.03. The molecule has 7 heteroatoms. The van der Waals surface area contributed by atoms with E-state index in [9.17, 15) is 10.1 Å². The summed E-state index contributed by atoms with van der Waals surface area (Å²) >= 11 is 13.3. The SMILES string of the molecule is C[C@@H]1CCc2c(sc(NC(=O)Nc3ccc(Cl)c(Cl)c3)c2C#N)C1. The van der Waals surface area contributed by atoms with Gasteiger partial charge in [-0.05, 0) is 48.9 Å². The second kappa shape index (κ2) is 7.02. The molecule has 3 rings (SSSR count). The second-order valence-electron chi connectivity index (χ2n) is 5.88. The molecule has 0 bridgehead atoms. The molecule has 1 aromatic heterocycles. The number of fused-ring (bicyclic) bond motifs is 1. The average Bonchev–Trinajstić information content (AvgIpc) is 2.86. The Bertz CT molecular complexity index is 841. The number of benzene rings is 1. The van der Waals surface area contributed by atoms with Crippen molar-refractivity contribution in [3.63, 3.8) is 0 Å². The molecule has 0 spiro atoms. The van der Waals surface area contributed by atoms with Crippen LogP contribution in [-0.2, 0) is 12.8 Å². The Morgan fingerprint density at radius 3 is 2.83 bits per heavy atom. The highest BCUT2D eigenvalue weighted by atomic mass is 35.5. The minimum absolute atomic E-state index is 0.368. The quantitative estimate of drug-likeness (QED) is 0.702. The molecule has 2 amide bonds. The molecule has 0 aliphatic heterocycles. The van der Waals surface area contributed by atoms with E-state index < -0.39 is 6.03 Å². The van der Waals surface area contributed by atoms with Gasteiger partial charge in [-0.2, -0.15) is 5.26 Å². The Hall–Kier alpha value is -1.74. The van der Waals surface area contributed by atoms with Gasteiger partial charge in [-0.15, -0.1) is 11.3 Å². The summed E-state index contributed by atoms with van der Waals surface area (Å²) in [6.45, 7) is 2.21. The summed E-state index contributed by atoms with van der Waals surface area (Å²) in [4.78, 5) is 13.4. The zero-order chi connectivity index (χ0) is 17.3. The third kappa shape index (κ3) is 3.51. The topological polar surface area (TPSA) is 64.9 Å². The van der Waals surface area contributed by atoms with Gasteiger partial charge in [0, 0.05) is 10.6 Å². The standard InChI is InChI=1S/C17H15Cl2N3OS/c1-9-2-4-11-12(8-20)16(24-15(11)6-9)22-17(23)21-10-3-5-13(18)14(19)7-10/h3,5,7,9H,2,4,6H2,1H3,(H2,21,22,23)/t9-/m1/s1. The Labute approximate surface area is 154 Å². The van der Waals surface area contributed by atoms with E-state index in [0.717, 1.165) is 24.8 Å². The first-order valence-corrected chi connectivity index (χ1v) is 9.13. The van der Waals surface area contributed by atoms with Crippen molar-refractivity contribution in [3.8, 4) is 6.07 Å². The van der Waals surface area contributed by atoms with Crippen molar-refractivity contribution in [1.29, 1.82) is 5.26 Å². The fourth-order valence-electron chi connectivity index (χ4n) is 2.80. The molecule has 0 radical (unpaired) electrons. The van der Waals surface area contributed by atoms with Gasteiger partial charge >= 0.3 is 6.03 Å². The molecule has 2 aromatic rings. The number of amides is 2. The number of nitrogens with zero attached hydrogens (tertiary/aromatic N) is 1. The number of thiophene rings is 1. The molecule has 124 valence electrons. The van der Waals surface area contributed by atoms with Crippen molar-refractivity contribution in [2.45, 2.75) is 26.2 Å². The lowest BCUT2D eigenvalue weighted by atomic mass is 9.89. The van der Waals surface area contributed by atoms with E-state index in [2.05, 4.69) is 23.6 Å². The molecule has 0 saturated heterocycles. The molecule has 1 aliphatic carbocycles. The number of carbonyl (C=O) groups is 1. The summed E-state index contributed by atoms with van der Waals surface area (Å²) < 4.78 is 0. The van der Waals surface area contributed by atoms with Crippen LogP contribution in [0.3, 0.4) is 0 Å². The summed E-state index contributed by atoms with van der Waals surface area (Å²) in [5.41, 5.74) is 2.21. The van der Waals surface area contributed by atoms with E-state index in [-0.39, 0.29) is 0 Å². The molecular formula is C17H15Cl2N3OS. The molecule has 1 heterocycles. The van der Waals surface area contributed by atoms with Crippen LogP contribution in [0.15, 0.2) is 18.2 Å². The number of anilines is 2. The summed E-state index contributed by atoms with van der Waals surface area (Å²) in [5.74, 6) is 0.612. The number of hydrogen-bond acceptors (Lipinski definition) is 3. The van der Waals surface area contributed by atoms with Crippen molar-refractivity contribution in [3.05, 3.63) is 44.2 Å². The molecule has 0 unspecified atom stereocenters. The summed E-state index contributed by atoms with van der Waals surface area (Å²) in [6, 6.07) is 6.69. The van der Waals surface area contributed by atoms with Gasteiger partial charge in [-0.25, -0.2) is 4.79 Å². The number of urea groups is 1. The third-order valence-corrected chi connectivity index (χ3v) is 5.94. The van der Waals surface area contributed by atoms with Gasteiger partial charge in [0.05, 0.1) is 15.6 Å². The van der Waals surface area contributed by atoms with Crippen LogP contribution >= 0.6 is 34.5 Å². The summed E-state index contributed by atoms with van der Waals surface area (Å²) in [6.07, 6.45) is 2.93. The summed E-state index contributed by atoms with van der Waals surface area (Å²) in [5, 5.41) is 16.3. The van der Waals surface area contributed by atoms with Crippen LogP contribution in [0.1, 0.15) is 29.3 Å². The van der Waals surface area contributed by atoms with Crippen LogP contribution in [0.4, 0.5) is 15.5 Å². The van der Waals surface area contributed by atoms with Crippen LogP contribution in [0, 0.1) is 17.2 Å². The maximum absolute atomic E-state index is 12.2. The lowest BCUT2D eigenvalue weighted by molar-refractivity contribution is 0.262. The van der Waals surface area contributed by atoms with Gasteiger partial charge in [-0.3, -0.25) is 5.32 Å². The predicted molar refractivity (Wildman–Crippen MR) is 99.3 cm³/mol. The molecule has 4 nitrogen and oxygen atoms in total. The highest BCUT2D eigenvalue weighted by molar-refractivity contribution is 7.16. The van der Waals surface area contributed by atoms with Gasteiger partial charge in [0.2, 0.25) is 0 Å². The molecular weight excluding hydrogens is 365 g/mol. The van der Waals surface area contributed by atoms with Gasteiger partial charge in [0.15, 0.2) is 0 Å². The number of nitrogens with one attached hydrogen (secondary N) is 2. The highest BCUT2D eigenvalue weighted by Gasteiger charge is 2.24. The minimum atomic E-state index is -0.406. The smallest absolute Gasteiger partial charge is 0.308 e. The minimum Gasteiger partial charge on any atom is -0.308 e. The first-order valence-electron chi connectivity index (χ1n) is 7.55. The molecule has 1 aromatic carbocycles. The first-order chi connectivity index (χ1) is 11.5. The molecule has 1 aliphatic rings. The van der Waals surface area contributed by atoms with Gasteiger partial charge in [0.25, 0.3) is 0 Å². The predicted octanol–water partition coefficient (Wildman–Crippen LogP) is 5.70. The molecule has 0 saturated carbocycles. The van der Waals surface area contributed by atoms with E-state index in [4.69, 9.17) is 23.2 Å². The van der Waals surface area contributed by atoms with Crippen LogP contribution in [-0.4, -0.2) is 6.03 Å². The van der Waals surface area contributed by atoms with Crippen LogP contribution in [0.25, 0.3) is 0 Å². The fourth-order valence-corrected chi connectivity index (χ4v) is 4.45. The fraction of sp³-hybridized carbons (Fsp3) is 0.294. The van der Waals surface area contributed by atoms with E-state index in [1.807, 2.05) is 0 Å². The molecule has 0 fully saturated rings. The van der Waals surface area contributed by atoms with Gasteiger partial charge in [0.1, 0.15) is 11.1 Å². The second-order valence-corrected chi connectivity index (χ2v) is 7.80. The Balaban J connectivity index is 1.77. The normalized spacial score (nSPS) is 16.2. The Morgan fingerprint density at radius 1 is 1.33 bits per heavy atom. The number of hydrogen-bond donors (Lipinski definition) is 2. The Morgan fingerprint density at radius 2 is 2.12 bits per heavy atom. The van der Waals surface area contributed by atoms with E-state index in [0.29, 0.717) is 32.2 Å². The Kier molecular flexibility index (Phi) is 5.00. The number of rotatable bonds is 2. The zero-order valence-electron chi connectivity index (χ0n) is 13.0.